The number of nitrogens with one attached hydrogen (secondary N) is 1. The van der Waals surface area contributed by atoms with Crippen LogP contribution in [0, 0.1) is 12.8 Å². The monoisotopic (exact) mass is 401 g/mol. The van der Waals surface area contributed by atoms with Crippen LogP contribution < -0.4 is 5.32 Å². The number of rotatable bonds is 5. The van der Waals surface area contributed by atoms with Crippen molar-refractivity contribution >= 4 is 30.7 Å². The average molecular weight is 402 g/mol. The minimum Gasteiger partial charge on any atom is -0.340 e. The van der Waals surface area contributed by atoms with Crippen LogP contribution in [0.1, 0.15) is 36.8 Å². The third kappa shape index (κ3) is 6.73. The Bertz CT molecular complexity index is 542. The van der Waals surface area contributed by atoms with E-state index in [9.17, 15) is 4.79 Å². The van der Waals surface area contributed by atoms with Crippen LogP contribution in [0.5, 0.6) is 0 Å². The first-order valence-corrected chi connectivity index (χ1v) is 9.48. The molecule has 4 nitrogen and oxygen atoms in total. The van der Waals surface area contributed by atoms with Gasteiger partial charge in [-0.25, -0.2) is 0 Å². The van der Waals surface area contributed by atoms with E-state index in [2.05, 4.69) is 46.3 Å². The first-order valence-electron chi connectivity index (χ1n) is 9.48. The number of piperazine rings is 1. The van der Waals surface area contributed by atoms with Crippen LogP contribution in [-0.4, -0.2) is 55.0 Å². The Kier molecular flexibility index (Phi) is 10.6. The molecule has 0 saturated carbocycles. The molecule has 2 aliphatic heterocycles. The van der Waals surface area contributed by atoms with Crippen molar-refractivity contribution in [1.82, 2.24) is 15.1 Å². The molecule has 1 aromatic carbocycles. The summed E-state index contributed by atoms with van der Waals surface area (Å²) in [5.74, 6) is 1.11. The molecule has 1 aromatic rings. The van der Waals surface area contributed by atoms with Crippen molar-refractivity contribution in [3.05, 3.63) is 35.4 Å². The fourth-order valence-corrected chi connectivity index (χ4v) is 3.84. The summed E-state index contributed by atoms with van der Waals surface area (Å²) in [5.41, 5.74) is 2.76. The Morgan fingerprint density at radius 3 is 2.38 bits per heavy atom. The van der Waals surface area contributed by atoms with Crippen molar-refractivity contribution < 1.29 is 4.79 Å². The number of benzene rings is 1. The highest BCUT2D eigenvalue weighted by Crippen LogP contribution is 2.19. The van der Waals surface area contributed by atoms with Crippen molar-refractivity contribution in [2.75, 3.05) is 39.3 Å². The summed E-state index contributed by atoms with van der Waals surface area (Å²) in [5, 5.41) is 3.39. The van der Waals surface area contributed by atoms with E-state index >= 15 is 0 Å². The van der Waals surface area contributed by atoms with Gasteiger partial charge >= 0.3 is 0 Å². The lowest BCUT2D eigenvalue weighted by Crippen LogP contribution is -2.48. The predicted octanol–water partition coefficient (Wildman–Crippen LogP) is 3.26. The van der Waals surface area contributed by atoms with Gasteiger partial charge in [-0.05, 0) is 56.3 Å². The van der Waals surface area contributed by atoms with Crippen LogP contribution in [-0.2, 0) is 11.3 Å². The van der Waals surface area contributed by atoms with Gasteiger partial charge in [0.1, 0.15) is 0 Å². The molecule has 0 spiro atoms. The van der Waals surface area contributed by atoms with Gasteiger partial charge in [0.2, 0.25) is 5.91 Å². The molecular formula is C20H33Cl2N3O. The topological polar surface area (TPSA) is 35.6 Å². The molecular weight excluding hydrogens is 369 g/mol. The molecule has 0 aromatic heterocycles. The quantitative estimate of drug-likeness (QED) is 0.821. The van der Waals surface area contributed by atoms with E-state index in [1.54, 1.807) is 0 Å². The van der Waals surface area contributed by atoms with E-state index in [1.165, 1.54) is 24.0 Å². The van der Waals surface area contributed by atoms with Gasteiger partial charge in [0.15, 0.2) is 0 Å². The highest BCUT2D eigenvalue weighted by Gasteiger charge is 2.22. The number of amides is 1. The van der Waals surface area contributed by atoms with Crippen molar-refractivity contribution in [1.29, 1.82) is 0 Å². The number of hydrogen-bond donors (Lipinski definition) is 1. The van der Waals surface area contributed by atoms with Crippen molar-refractivity contribution in [2.45, 2.75) is 39.2 Å². The van der Waals surface area contributed by atoms with Crippen molar-refractivity contribution in [2.24, 2.45) is 5.92 Å². The summed E-state index contributed by atoms with van der Waals surface area (Å²) in [7, 11) is 0. The molecule has 26 heavy (non-hydrogen) atoms. The highest BCUT2D eigenvalue weighted by atomic mass is 35.5. The minimum atomic E-state index is 0. The van der Waals surface area contributed by atoms with Crippen LogP contribution in [0.3, 0.4) is 0 Å². The second-order valence-electron chi connectivity index (χ2n) is 7.32. The van der Waals surface area contributed by atoms with E-state index in [0.29, 0.717) is 5.91 Å². The van der Waals surface area contributed by atoms with Gasteiger partial charge in [-0.3, -0.25) is 9.69 Å². The lowest BCUT2D eigenvalue weighted by atomic mass is 9.93. The molecule has 2 fully saturated rings. The van der Waals surface area contributed by atoms with Gasteiger partial charge in [-0.15, -0.1) is 24.8 Å². The second-order valence-corrected chi connectivity index (χ2v) is 7.32. The Morgan fingerprint density at radius 2 is 1.73 bits per heavy atom. The van der Waals surface area contributed by atoms with E-state index in [4.69, 9.17) is 0 Å². The Morgan fingerprint density at radius 1 is 1.08 bits per heavy atom. The maximum atomic E-state index is 12.5. The molecule has 1 N–H and O–H groups in total. The molecule has 3 rings (SSSR count). The van der Waals surface area contributed by atoms with Crippen LogP contribution in [0.4, 0.5) is 0 Å². The second kappa shape index (κ2) is 11.8. The number of carbonyl (C=O) groups is 1. The van der Waals surface area contributed by atoms with E-state index in [1.807, 2.05) is 0 Å². The van der Waals surface area contributed by atoms with Gasteiger partial charge in [0.25, 0.3) is 0 Å². The van der Waals surface area contributed by atoms with Gasteiger partial charge in [-0.2, -0.15) is 0 Å². The Labute approximate surface area is 170 Å². The molecule has 0 radical (unpaired) electrons. The smallest absolute Gasteiger partial charge is 0.222 e. The summed E-state index contributed by atoms with van der Waals surface area (Å²) >= 11 is 0. The molecule has 0 unspecified atom stereocenters. The van der Waals surface area contributed by atoms with Gasteiger partial charge in [-0.1, -0.05) is 24.3 Å². The molecule has 2 aliphatic rings. The maximum Gasteiger partial charge on any atom is 0.222 e. The lowest BCUT2D eigenvalue weighted by molar-refractivity contribution is -0.133. The molecule has 2 saturated heterocycles. The van der Waals surface area contributed by atoms with Gasteiger partial charge in [0, 0.05) is 39.1 Å². The third-order valence-corrected chi connectivity index (χ3v) is 5.61. The lowest BCUT2D eigenvalue weighted by Gasteiger charge is -2.35. The average Bonchev–Trinajstić information content (AvgIpc) is 2.63. The van der Waals surface area contributed by atoms with E-state index < -0.39 is 0 Å². The number of carbonyl (C=O) groups excluding carboxylic acids is 1. The van der Waals surface area contributed by atoms with Crippen molar-refractivity contribution in [3.63, 3.8) is 0 Å². The maximum absolute atomic E-state index is 12.5. The van der Waals surface area contributed by atoms with Crippen LogP contribution in [0.25, 0.3) is 0 Å². The van der Waals surface area contributed by atoms with E-state index in [0.717, 1.165) is 64.6 Å². The number of piperidine rings is 1. The van der Waals surface area contributed by atoms with Crippen molar-refractivity contribution in [3.8, 4) is 0 Å². The third-order valence-electron chi connectivity index (χ3n) is 5.61. The zero-order valence-electron chi connectivity index (χ0n) is 15.8. The van der Waals surface area contributed by atoms with E-state index in [-0.39, 0.29) is 24.8 Å². The van der Waals surface area contributed by atoms with Crippen LogP contribution >= 0.6 is 24.8 Å². The molecule has 148 valence electrons. The molecule has 0 atom stereocenters. The van der Waals surface area contributed by atoms with Crippen LogP contribution in [0.15, 0.2) is 24.3 Å². The molecule has 1 amide bonds. The first kappa shape index (κ1) is 23.2. The zero-order chi connectivity index (χ0) is 16.8. The number of halogens is 2. The first-order chi connectivity index (χ1) is 11.7. The molecule has 0 bridgehead atoms. The fraction of sp³-hybridized carbons (Fsp3) is 0.650. The summed E-state index contributed by atoms with van der Waals surface area (Å²) < 4.78 is 0. The Hall–Kier alpha value is -0.810. The zero-order valence-corrected chi connectivity index (χ0v) is 17.4. The summed E-state index contributed by atoms with van der Waals surface area (Å²) in [6, 6.07) is 8.60. The number of hydrogen-bond acceptors (Lipinski definition) is 3. The normalized spacial score (nSPS) is 18.7. The largest absolute Gasteiger partial charge is 0.340 e. The summed E-state index contributed by atoms with van der Waals surface area (Å²) in [6.45, 7) is 9.18. The fourth-order valence-electron chi connectivity index (χ4n) is 3.84. The highest BCUT2D eigenvalue weighted by molar-refractivity contribution is 5.85. The molecule has 6 heteroatoms. The van der Waals surface area contributed by atoms with Gasteiger partial charge in [0.05, 0.1) is 0 Å². The number of aryl methyl sites for hydroxylation is 1. The SMILES string of the molecule is Cc1ccccc1CN1CCN(C(=O)CCC2CCNCC2)CC1.Cl.Cl. The van der Waals surface area contributed by atoms with Gasteiger partial charge < -0.3 is 10.2 Å². The Balaban J connectivity index is 0.00000169. The predicted molar refractivity (Wildman–Crippen MR) is 112 cm³/mol. The summed E-state index contributed by atoms with van der Waals surface area (Å²) in [6.07, 6.45) is 4.28. The molecule has 2 heterocycles. The van der Waals surface area contributed by atoms with Crippen LogP contribution in [0.2, 0.25) is 0 Å². The minimum absolute atomic E-state index is 0. The number of nitrogens with zero attached hydrogens (tertiary/aromatic N) is 2. The standard InChI is InChI=1S/C20H31N3O.2ClH/c1-17-4-2-3-5-19(17)16-22-12-14-23(15-13-22)20(24)7-6-18-8-10-21-11-9-18;;/h2-5,18,21H,6-16H2,1H3;2*1H. The summed E-state index contributed by atoms with van der Waals surface area (Å²) in [4.78, 5) is 17.0. The molecule has 0 aliphatic carbocycles.